The molecule has 0 saturated carbocycles. The summed E-state index contributed by atoms with van der Waals surface area (Å²) in [5.74, 6) is -0.787. The van der Waals surface area contributed by atoms with Crippen molar-refractivity contribution in [2.75, 3.05) is 19.8 Å². The quantitative estimate of drug-likeness (QED) is 0.456. The Balaban J connectivity index is 2.22. The van der Waals surface area contributed by atoms with Crippen molar-refractivity contribution in [3.05, 3.63) is 0 Å². The topological polar surface area (TPSA) is 61.8 Å². The van der Waals surface area contributed by atoms with Gasteiger partial charge in [0.2, 0.25) is 6.29 Å². The molecule has 0 aromatic carbocycles. The minimum Gasteiger partial charge on any atom is -0.433 e. The highest BCUT2D eigenvalue weighted by molar-refractivity contribution is 5.94. The van der Waals surface area contributed by atoms with E-state index >= 15 is 0 Å². The molecule has 0 amide bonds. The zero-order chi connectivity index (χ0) is 9.68. The van der Waals surface area contributed by atoms with Crippen molar-refractivity contribution >= 4 is 11.8 Å². The Morgan fingerprint density at radius 3 is 2.77 bits per heavy atom. The number of ketones is 1. The van der Waals surface area contributed by atoms with Crippen LogP contribution in [0.15, 0.2) is 0 Å². The summed E-state index contributed by atoms with van der Waals surface area (Å²) >= 11 is 0. The lowest BCUT2D eigenvalue weighted by Gasteiger charge is -2.22. The molecule has 5 nitrogen and oxygen atoms in total. The molecule has 1 atom stereocenters. The molecule has 0 aromatic heterocycles. The van der Waals surface area contributed by atoms with Crippen molar-refractivity contribution < 1.29 is 23.8 Å². The number of hydrogen-bond acceptors (Lipinski definition) is 5. The van der Waals surface area contributed by atoms with E-state index in [9.17, 15) is 9.59 Å². The van der Waals surface area contributed by atoms with Crippen molar-refractivity contribution in [2.45, 2.75) is 19.6 Å². The Hall–Kier alpha value is -0.940. The highest BCUT2D eigenvalue weighted by atomic mass is 16.7. The number of carbonyl (C=O) groups excluding carboxylic acids is 2. The van der Waals surface area contributed by atoms with Gasteiger partial charge >= 0.3 is 5.97 Å². The number of esters is 1. The monoisotopic (exact) mass is 188 g/mol. The molecule has 5 heteroatoms. The third kappa shape index (κ3) is 4.00. The van der Waals surface area contributed by atoms with Gasteiger partial charge in [0.15, 0.2) is 0 Å². The zero-order valence-electron chi connectivity index (χ0n) is 7.45. The van der Waals surface area contributed by atoms with Gasteiger partial charge in [0.25, 0.3) is 0 Å². The van der Waals surface area contributed by atoms with Crippen LogP contribution in [0.4, 0.5) is 0 Å². The van der Waals surface area contributed by atoms with E-state index < -0.39 is 12.3 Å². The van der Waals surface area contributed by atoms with Gasteiger partial charge in [-0.2, -0.15) is 0 Å². The van der Waals surface area contributed by atoms with Gasteiger partial charge in [-0.1, -0.05) is 0 Å². The van der Waals surface area contributed by atoms with Crippen LogP contribution in [0.3, 0.4) is 0 Å². The highest BCUT2D eigenvalue weighted by Gasteiger charge is 2.19. The van der Waals surface area contributed by atoms with Gasteiger partial charge in [0, 0.05) is 0 Å². The zero-order valence-corrected chi connectivity index (χ0v) is 7.45. The molecular weight excluding hydrogens is 176 g/mol. The van der Waals surface area contributed by atoms with E-state index in [4.69, 9.17) is 14.2 Å². The second-order valence-electron chi connectivity index (χ2n) is 2.74. The molecule has 0 bridgehead atoms. The number of rotatable bonds is 3. The first kappa shape index (κ1) is 10.1. The molecule has 0 aromatic rings. The van der Waals surface area contributed by atoms with Crippen molar-refractivity contribution in [3.8, 4) is 0 Å². The van der Waals surface area contributed by atoms with Gasteiger partial charge in [-0.25, -0.2) is 0 Å². The number of Topliss-reactive ketones (excluding diaryl/α,β-unsaturated/α-hetero) is 1. The Morgan fingerprint density at radius 2 is 2.23 bits per heavy atom. The van der Waals surface area contributed by atoms with E-state index in [2.05, 4.69) is 0 Å². The second-order valence-corrected chi connectivity index (χ2v) is 2.74. The normalized spacial score (nSPS) is 22.4. The number of ether oxygens (including phenoxy) is 3. The van der Waals surface area contributed by atoms with Gasteiger partial charge in [0.05, 0.1) is 13.2 Å². The van der Waals surface area contributed by atoms with Crippen LogP contribution in [0.25, 0.3) is 0 Å². The predicted octanol–water partition coefficient (Wildman–Crippen LogP) is -0.118. The van der Waals surface area contributed by atoms with Gasteiger partial charge in [-0.3, -0.25) is 9.59 Å². The summed E-state index contributed by atoms with van der Waals surface area (Å²) in [5, 5.41) is 0. The summed E-state index contributed by atoms with van der Waals surface area (Å²) in [6.45, 7) is 2.50. The van der Waals surface area contributed by atoms with Gasteiger partial charge in [-0.15, -0.1) is 0 Å². The Labute approximate surface area is 76.0 Å². The molecule has 0 spiro atoms. The maximum absolute atomic E-state index is 10.9. The van der Waals surface area contributed by atoms with Crippen molar-refractivity contribution in [2.24, 2.45) is 0 Å². The maximum Gasteiger partial charge on any atom is 0.315 e. The van der Waals surface area contributed by atoms with Crippen LogP contribution in [0.2, 0.25) is 0 Å². The van der Waals surface area contributed by atoms with E-state index in [1.165, 1.54) is 6.92 Å². The molecule has 1 fully saturated rings. The van der Waals surface area contributed by atoms with Crippen molar-refractivity contribution in [1.29, 1.82) is 0 Å². The minimum absolute atomic E-state index is 0.208. The lowest BCUT2D eigenvalue weighted by Crippen LogP contribution is -2.33. The molecular formula is C8H12O5. The van der Waals surface area contributed by atoms with Gasteiger partial charge in [0.1, 0.15) is 18.8 Å². The Bertz CT molecular complexity index is 195. The fraction of sp³-hybridized carbons (Fsp3) is 0.750. The second kappa shape index (κ2) is 4.94. The summed E-state index contributed by atoms with van der Waals surface area (Å²) in [7, 11) is 0. The van der Waals surface area contributed by atoms with E-state index in [0.29, 0.717) is 13.2 Å². The molecule has 0 N–H and O–H groups in total. The fourth-order valence-corrected chi connectivity index (χ4v) is 0.926. The Kier molecular flexibility index (Phi) is 3.85. The summed E-state index contributed by atoms with van der Waals surface area (Å²) in [5.41, 5.74) is 0. The van der Waals surface area contributed by atoms with Crippen LogP contribution < -0.4 is 0 Å². The van der Waals surface area contributed by atoms with Crippen LogP contribution in [-0.2, 0) is 23.8 Å². The molecule has 74 valence electrons. The smallest absolute Gasteiger partial charge is 0.315 e. The van der Waals surface area contributed by atoms with Crippen LogP contribution in [0.5, 0.6) is 0 Å². The van der Waals surface area contributed by atoms with Crippen LogP contribution >= 0.6 is 0 Å². The van der Waals surface area contributed by atoms with E-state index in [1.807, 2.05) is 0 Å². The number of carbonyl (C=O) groups is 2. The lowest BCUT2D eigenvalue weighted by molar-refractivity contribution is -0.213. The average molecular weight is 188 g/mol. The van der Waals surface area contributed by atoms with Crippen molar-refractivity contribution in [3.63, 3.8) is 0 Å². The highest BCUT2D eigenvalue weighted by Crippen LogP contribution is 2.03. The van der Waals surface area contributed by atoms with Gasteiger partial charge in [-0.05, 0) is 6.92 Å². The summed E-state index contributed by atoms with van der Waals surface area (Å²) in [6.07, 6.45) is -0.861. The summed E-state index contributed by atoms with van der Waals surface area (Å²) < 4.78 is 14.8. The molecule has 0 radical (unpaired) electrons. The van der Waals surface area contributed by atoms with E-state index in [0.717, 1.165) is 0 Å². The molecule has 1 saturated heterocycles. The van der Waals surface area contributed by atoms with Crippen molar-refractivity contribution in [1.82, 2.24) is 0 Å². The average Bonchev–Trinajstić information content (AvgIpc) is 2.04. The van der Waals surface area contributed by atoms with E-state index in [-0.39, 0.29) is 18.8 Å². The fourth-order valence-electron chi connectivity index (χ4n) is 0.926. The molecule has 0 aliphatic carbocycles. The summed E-state index contributed by atoms with van der Waals surface area (Å²) in [6, 6.07) is 0. The molecule has 1 rings (SSSR count). The molecule has 13 heavy (non-hydrogen) atoms. The van der Waals surface area contributed by atoms with E-state index in [1.54, 1.807) is 0 Å². The molecule has 1 aliphatic rings. The van der Waals surface area contributed by atoms with Gasteiger partial charge < -0.3 is 14.2 Å². The largest absolute Gasteiger partial charge is 0.433 e. The number of hydrogen-bond donors (Lipinski definition) is 0. The molecule has 1 unspecified atom stereocenters. The third-order valence-corrected chi connectivity index (χ3v) is 1.44. The minimum atomic E-state index is -0.652. The van der Waals surface area contributed by atoms with Crippen LogP contribution in [0.1, 0.15) is 13.3 Å². The maximum atomic E-state index is 10.9. The molecule has 1 aliphatic heterocycles. The summed E-state index contributed by atoms with van der Waals surface area (Å²) in [4.78, 5) is 21.5. The predicted molar refractivity (Wildman–Crippen MR) is 41.9 cm³/mol. The van der Waals surface area contributed by atoms with Crippen LogP contribution in [-0.4, -0.2) is 37.9 Å². The third-order valence-electron chi connectivity index (χ3n) is 1.44. The lowest BCUT2D eigenvalue weighted by atomic mass is 10.3. The molecule has 1 heterocycles. The van der Waals surface area contributed by atoms with Crippen LogP contribution in [0, 0.1) is 0 Å². The first-order valence-corrected chi connectivity index (χ1v) is 4.07. The SMILES string of the molecule is CC(=O)CC(=O)OC1COCCO1. The first-order valence-electron chi connectivity index (χ1n) is 4.07. The first-order chi connectivity index (χ1) is 6.18. The Morgan fingerprint density at radius 1 is 1.46 bits per heavy atom. The standard InChI is InChI=1S/C8H12O5/c1-6(9)4-7(10)13-8-5-11-2-3-12-8/h8H,2-5H2,1H3.